The maximum absolute atomic E-state index is 12.0. The second-order valence-electron chi connectivity index (χ2n) is 5.00. The van der Waals surface area contributed by atoms with Crippen molar-refractivity contribution in [2.75, 3.05) is 7.11 Å². The molecule has 0 heterocycles. The molecule has 1 rings (SSSR count). The fourth-order valence-electron chi connectivity index (χ4n) is 2.00. The fourth-order valence-corrected chi connectivity index (χ4v) is 2.00. The summed E-state index contributed by atoms with van der Waals surface area (Å²) < 4.78 is 5.05. The highest BCUT2D eigenvalue weighted by Gasteiger charge is 2.09. The summed E-state index contributed by atoms with van der Waals surface area (Å²) in [6, 6.07) is 7.79. The number of methoxy groups -OCH3 is 1. The van der Waals surface area contributed by atoms with Gasteiger partial charge in [0.1, 0.15) is 0 Å². The molecule has 0 fully saturated rings. The summed E-state index contributed by atoms with van der Waals surface area (Å²) in [6.07, 6.45) is 4.65. The summed E-state index contributed by atoms with van der Waals surface area (Å²) in [4.78, 5) is 12.0. The SMILES string of the molecule is CCCCCC(C)NC(=O)c1ccc(COC)cc1. The van der Waals surface area contributed by atoms with Gasteiger partial charge in [-0.05, 0) is 31.0 Å². The van der Waals surface area contributed by atoms with Crippen LogP contribution in [0.3, 0.4) is 0 Å². The smallest absolute Gasteiger partial charge is 0.251 e. The fraction of sp³-hybridized carbons (Fsp3) is 0.562. The Morgan fingerprint density at radius 3 is 2.53 bits per heavy atom. The van der Waals surface area contributed by atoms with Crippen LogP contribution in [0.1, 0.15) is 55.5 Å². The average molecular weight is 263 g/mol. The van der Waals surface area contributed by atoms with Gasteiger partial charge in [-0.1, -0.05) is 38.3 Å². The van der Waals surface area contributed by atoms with Gasteiger partial charge in [0.15, 0.2) is 0 Å². The minimum absolute atomic E-state index is 0.00738. The number of hydrogen-bond donors (Lipinski definition) is 1. The molecule has 0 aliphatic carbocycles. The number of benzene rings is 1. The van der Waals surface area contributed by atoms with Crippen LogP contribution in [-0.4, -0.2) is 19.1 Å². The lowest BCUT2D eigenvalue weighted by atomic mass is 10.1. The van der Waals surface area contributed by atoms with Crippen LogP contribution in [0.5, 0.6) is 0 Å². The average Bonchev–Trinajstić information content (AvgIpc) is 2.40. The zero-order valence-corrected chi connectivity index (χ0v) is 12.2. The normalized spacial score (nSPS) is 12.2. The van der Waals surface area contributed by atoms with Gasteiger partial charge in [-0.15, -0.1) is 0 Å². The third-order valence-corrected chi connectivity index (χ3v) is 3.15. The van der Waals surface area contributed by atoms with Crippen molar-refractivity contribution in [2.45, 2.75) is 52.2 Å². The quantitative estimate of drug-likeness (QED) is 0.729. The van der Waals surface area contributed by atoms with Crippen molar-refractivity contribution in [3.8, 4) is 0 Å². The highest BCUT2D eigenvalue weighted by molar-refractivity contribution is 5.94. The van der Waals surface area contributed by atoms with Crippen LogP contribution in [0.25, 0.3) is 0 Å². The predicted molar refractivity (Wildman–Crippen MR) is 78.2 cm³/mol. The first kappa shape index (κ1) is 15.7. The molecule has 1 N–H and O–H groups in total. The van der Waals surface area contributed by atoms with E-state index in [1.165, 1.54) is 19.3 Å². The molecular weight excluding hydrogens is 238 g/mol. The van der Waals surface area contributed by atoms with Crippen molar-refractivity contribution < 1.29 is 9.53 Å². The first-order chi connectivity index (χ1) is 9.17. The number of rotatable bonds is 8. The Morgan fingerprint density at radius 1 is 1.26 bits per heavy atom. The van der Waals surface area contributed by atoms with Crippen molar-refractivity contribution in [1.29, 1.82) is 0 Å². The van der Waals surface area contributed by atoms with E-state index in [4.69, 9.17) is 4.74 Å². The van der Waals surface area contributed by atoms with Gasteiger partial charge in [-0.25, -0.2) is 0 Å². The van der Waals surface area contributed by atoms with Crippen molar-refractivity contribution in [3.05, 3.63) is 35.4 Å². The molecule has 0 aliphatic heterocycles. The van der Waals surface area contributed by atoms with E-state index in [9.17, 15) is 4.79 Å². The van der Waals surface area contributed by atoms with E-state index in [-0.39, 0.29) is 11.9 Å². The van der Waals surface area contributed by atoms with Gasteiger partial charge >= 0.3 is 0 Å². The van der Waals surface area contributed by atoms with Crippen LogP contribution < -0.4 is 5.32 Å². The number of ether oxygens (including phenoxy) is 1. The molecule has 19 heavy (non-hydrogen) atoms. The molecule has 1 unspecified atom stereocenters. The molecule has 0 saturated carbocycles. The lowest BCUT2D eigenvalue weighted by Gasteiger charge is -2.13. The second kappa shape index (κ2) is 8.70. The van der Waals surface area contributed by atoms with Gasteiger partial charge in [-0.2, -0.15) is 0 Å². The first-order valence-electron chi connectivity index (χ1n) is 7.06. The summed E-state index contributed by atoms with van der Waals surface area (Å²) in [5.41, 5.74) is 1.79. The van der Waals surface area contributed by atoms with Gasteiger partial charge in [0.25, 0.3) is 5.91 Å². The highest BCUT2D eigenvalue weighted by atomic mass is 16.5. The number of amides is 1. The van der Waals surface area contributed by atoms with Crippen LogP contribution in [0.4, 0.5) is 0 Å². The lowest BCUT2D eigenvalue weighted by molar-refractivity contribution is 0.0938. The van der Waals surface area contributed by atoms with Crippen LogP contribution in [0.2, 0.25) is 0 Å². The summed E-state index contributed by atoms with van der Waals surface area (Å²) in [5, 5.41) is 3.04. The molecule has 1 atom stereocenters. The predicted octanol–water partition coefficient (Wildman–Crippen LogP) is 3.53. The van der Waals surface area contributed by atoms with Gasteiger partial charge in [0, 0.05) is 18.7 Å². The van der Waals surface area contributed by atoms with E-state index in [1.54, 1.807) is 7.11 Å². The largest absolute Gasteiger partial charge is 0.380 e. The summed E-state index contributed by atoms with van der Waals surface area (Å²) in [5.74, 6) is 0.00738. The molecule has 3 nitrogen and oxygen atoms in total. The maximum Gasteiger partial charge on any atom is 0.251 e. The number of unbranched alkanes of at least 4 members (excludes halogenated alkanes) is 2. The maximum atomic E-state index is 12.0. The van der Waals surface area contributed by atoms with E-state index in [1.807, 2.05) is 24.3 Å². The standard InChI is InChI=1S/C16H25NO2/c1-4-5-6-7-13(2)17-16(18)15-10-8-14(9-11-15)12-19-3/h8-11,13H,4-7,12H2,1-3H3,(H,17,18). The van der Waals surface area contributed by atoms with Crippen LogP contribution in [-0.2, 0) is 11.3 Å². The Labute approximate surface area is 116 Å². The summed E-state index contributed by atoms with van der Waals surface area (Å²) in [7, 11) is 1.67. The van der Waals surface area contributed by atoms with E-state index >= 15 is 0 Å². The zero-order chi connectivity index (χ0) is 14.1. The van der Waals surface area contributed by atoms with Crippen molar-refractivity contribution in [3.63, 3.8) is 0 Å². The topological polar surface area (TPSA) is 38.3 Å². The molecule has 0 saturated heterocycles. The van der Waals surface area contributed by atoms with Crippen molar-refractivity contribution in [2.24, 2.45) is 0 Å². The minimum atomic E-state index is 0.00738. The Bertz CT molecular complexity index is 373. The summed E-state index contributed by atoms with van der Waals surface area (Å²) >= 11 is 0. The van der Waals surface area contributed by atoms with Crippen LogP contribution in [0.15, 0.2) is 24.3 Å². The van der Waals surface area contributed by atoms with Gasteiger partial charge in [0.2, 0.25) is 0 Å². The van der Waals surface area contributed by atoms with Gasteiger partial charge in [-0.3, -0.25) is 4.79 Å². The zero-order valence-electron chi connectivity index (χ0n) is 12.2. The van der Waals surface area contributed by atoms with Gasteiger partial charge < -0.3 is 10.1 Å². The molecule has 0 spiro atoms. The van der Waals surface area contributed by atoms with E-state index in [0.717, 1.165) is 12.0 Å². The van der Waals surface area contributed by atoms with E-state index in [2.05, 4.69) is 19.2 Å². The van der Waals surface area contributed by atoms with E-state index < -0.39 is 0 Å². The first-order valence-corrected chi connectivity index (χ1v) is 7.06. The molecule has 0 radical (unpaired) electrons. The second-order valence-corrected chi connectivity index (χ2v) is 5.00. The molecule has 1 aromatic carbocycles. The molecule has 1 amide bonds. The van der Waals surface area contributed by atoms with Crippen molar-refractivity contribution >= 4 is 5.91 Å². The minimum Gasteiger partial charge on any atom is -0.380 e. The monoisotopic (exact) mass is 263 g/mol. The number of hydrogen-bond acceptors (Lipinski definition) is 2. The van der Waals surface area contributed by atoms with Crippen molar-refractivity contribution in [1.82, 2.24) is 5.32 Å². The Morgan fingerprint density at radius 2 is 1.95 bits per heavy atom. The third kappa shape index (κ3) is 5.88. The molecule has 0 aliphatic rings. The molecule has 0 aromatic heterocycles. The highest BCUT2D eigenvalue weighted by Crippen LogP contribution is 2.07. The molecule has 3 heteroatoms. The lowest BCUT2D eigenvalue weighted by Crippen LogP contribution is -2.32. The molecular formula is C16H25NO2. The molecule has 106 valence electrons. The van der Waals surface area contributed by atoms with Gasteiger partial charge in [0.05, 0.1) is 6.61 Å². The Hall–Kier alpha value is -1.35. The number of carbonyl (C=O) groups is 1. The Balaban J connectivity index is 2.44. The van der Waals surface area contributed by atoms with Crippen LogP contribution >= 0.6 is 0 Å². The summed E-state index contributed by atoms with van der Waals surface area (Å²) in [6.45, 7) is 4.83. The van der Waals surface area contributed by atoms with Crippen LogP contribution in [0, 0.1) is 0 Å². The number of nitrogens with one attached hydrogen (secondary N) is 1. The Kier molecular flexibility index (Phi) is 7.19. The molecule has 1 aromatic rings. The third-order valence-electron chi connectivity index (χ3n) is 3.15. The number of carbonyl (C=O) groups excluding carboxylic acids is 1. The molecule has 0 bridgehead atoms. The van der Waals surface area contributed by atoms with E-state index in [0.29, 0.717) is 12.2 Å².